The number of nitrogens with one attached hydrogen (secondary N) is 1. The van der Waals surface area contributed by atoms with Gasteiger partial charge in [0.05, 0.1) is 21.1 Å². The first-order valence-electron chi connectivity index (χ1n) is 2.94. The maximum atomic E-state index is 4.03. The molecule has 4 nitrogen and oxygen atoms in total. The zero-order chi connectivity index (χ0) is 7.07. The van der Waals surface area contributed by atoms with E-state index in [1.54, 1.807) is 0 Å². The van der Waals surface area contributed by atoms with Crippen molar-refractivity contribution in [3.63, 3.8) is 0 Å². The van der Waals surface area contributed by atoms with Crippen LogP contribution >= 0.6 is 0 Å². The van der Waals surface area contributed by atoms with Crippen LogP contribution in [0.1, 0.15) is 6.92 Å². The molecule has 0 radical (unpaired) electrons. The molecule has 60 valence electrons. The van der Waals surface area contributed by atoms with Crippen molar-refractivity contribution in [1.29, 1.82) is 0 Å². The van der Waals surface area contributed by atoms with Gasteiger partial charge in [-0.05, 0) is 5.12 Å². The highest BCUT2D eigenvalue weighted by molar-refractivity contribution is 5.72. The predicted octanol–water partition coefficient (Wildman–Crippen LogP) is -3.23. The number of halogens is 1. The monoisotopic (exact) mass is 208 g/mol. The summed E-state index contributed by atoms with van der Waals surface area (Å²) in [6.45, 7) is 2.00. The molecule has 1 aliphatic rings. The molecule has 1 N–H and O–H groups in total. The van der Waals surface area contributed by atoms with E-state index in [0.717, 1.165) is 5.84 Å². The van der Waals surface area contributed by atoms with E-state index in [9.17, 15) is 0 Å². The van der Waals surface area contributed by atoms with Crippen LogP contribution in [0.2, 0.25) is 0 Å². The van der Waals surface area contributed by atoms with Crippen molar-refractivity contribution in [3.05, 3.63) is 0 Å². The molecule has 0 aromatic heterocycles. The Morgan fingerprint density at radius 3 is 2.10 bits per heavy atom. The molecule has 1 rings (SSSR count). The number of rotatable bonds is 0. The smallest absolute Gasteiger partial charge is 0.238 e. The summed E-state index contributed by atoms with van der Waals surface area (Å²) in [4.78, 5) is 0. The number of amidine groups is 1. The Labute approximate surface area is 71.8 Å². The van der Waals surface area contributed by atoms with Gasteiger partial charge in [-0.3, -0.25) is 0 Å². The Hall–Kier alpha value is -0.130. The number of nitrogens with zero attached hydrogens (tertiary/aromatic N) is 3. The average Bonchev–Trinajstić information content (AvgIpc) is 1.96. The van der Waals surface area contributed by atoms with E-state index < -0.39 is 0 Å². The van der Waals surface area contributed by atoms with Crippen molar-refractivity contribution in [2.24, 2.45) is 5.10 Å². The Morgan fingerprint density at radius 1 is 1.50 bits per heavy atom. The van der Waals surface area contributed by atoms with E-state index in [4.69, 9.17) is 0 Å². The van der Waals surface area contributed by atoms with Gasteiger partial charge in [0.25, 0.3) is 0 Å². The van der Waals surface area contributed by atoms with Gasteiger partial charge in [-0.1, -0.05) is 0 Å². The molecule has 1 heterocycles. The molecule has 10 heavy (non-hydrogen) atoms. The Morgan fingerprint density at radius 2 is 2.00 bits per heavy atom. The lowest BCUT2D eigenvalue weighted by Crippen LogP contribution is -3.00. The topological polar surface area (TPSA) is 27.6 Å². The Balaban J connectivity index is 0.000000810. The Bertz CT molecular complexity index is 154. The highest BCUT2D eigenvalue weighted by Crippen LogP contribution is 2.06. The van der Waals surface area contributed by atoms with Crippen molar-refractivity contribution in [2.45, 2.75) is 6.92 Å². The molecule has 0 saturated carbocycles. The molecule has 0 unspecified atom stereocenters. The molecule has 0 saturated heterocycles. The number of hydrogen-bond donors (Lipinski definition) is 1. The summed E-state index contributed by atoms with van der Waals surface area (Å²) in [5.41, 5.74) is 2.85. The van der Waals surface area contributed by atoms with Gasteiger partial charge in [0.2, 0.25) is 5.84 Å². The molecule has 0 bridgehead atoms. The minimum Gasteiger partial charge on any atom is -1.00 e. The quantitative estimate of drug-likeness (QED) is 0.425. The summed E-state index contributed by atoms with van der Waals surface area (Å²) in [5.74, 6) is 1.07. The van der Waals surface area contributed by atoms with E-state index in [2.05, 4.69) is 24.7 Å². The third-order valence-corrected chi connectivity index (χ3v) is 1.90. The Kier molecular flexibility index (Phi) is 2.82. The fourth-order valence-corrected chi connectivity index (χ4v) is 0.596. The summed E-state index contributed by atoms with van der Waals surface area (Å²) in [6.07, 6.45) is 0. The van der Waals surface area contributed by atoms with Gasteiger partial charge in [0.15, 0.2) is 0 Å². The fourth-order valence-electron chi connectivity index (χ4n) is 0.596. The molecule has 1 aliphatic heterocycles. The molecule has 0 fully saturated rings. The second-order valence-corrected chi connectivity index (χ2v) is 2.68. The van der Waals surface area contributed by atoms with Crippen LogP contribution in [0.3, 0.4) is 0 Å². The molecule has 0 aliphatic carbocycles. The van der Waals surface area contributed by atoms with Crippen LogP contribution in [-0.2, 0) is 0 Å². The third-order valence-electron chi connectivity index (χ3n) is 1.90. The zero-order valence-corrected chi connectivity index (χ0v) is 8.31. The predicted molar refractivity (Wildman–Crippen MR) is 36.1 cm³/mol. The summed E-state index contributed by atoms with van der Waals surface area (Å²) in [6, 6.07) is 0. The van der Waals surface area contributed by atoms with E-state index in [1.807, 2.05) is 19.1 Å². The summed E-state index contributed by atoms with van der Waals surface area (Å²) < 4.78 is 0.694. The van der Waals surface area contributed by atoms with Gasteiger partial charge < -0.3 is 17.0 Å². The SMILES string of the molecule is CC1=NNN(C)[N+]1(C)C.[Br-]. The maximum Gasteiger partial charge on any atom is 0.238 e. The van der Waals surface area contributed by atoms with Crippen LogP contribution in [0.25, 0.3) is 0 Å². The molecule has 0 aromatic carbocycles. The van der Waals surface area contributed by atoms with Gasteiger partial charge >= 0.3 is 0 Å². The van der Waals surface area contributed by atoms with Gasteiger partial charge in [-0.2, -0.15) is 10.1 Å². The maximum absolute atomic E-state index is 4.03. The fraction of sp³-hybridized carbons (Fsp3) is 0.800. The van der Waals surface area contributed by atoms with Crippen LogP contribution in [0.5, 0.6) is 0 Å². The van der Waals surface area contributed by atoms with Crippen molar-refractivity contribution in [3.8, 4) is 0 Å². The van der Waals surface area contributed by atoms with Crippen molar-refractivity contribution < 1.29 is 21.6 Å². The van der Waals surface area contributed by atoms with E-state index in [0.29, 0.717) is 4.59 Å². The molecule has 0 aromatic rings. The first kappa shape index (κ1) is 9.87. The first-order chi connectivity index (χ1) is 4.05. The van der Waals surface area contributed by atoms with Gasteiger partial charge in [-0.25, -0.2) is 0 Å². The van der Waals surface area contributed by atoms with Gasteiger partial charge in [0.1, 0.15) is 0 Å². The van der Waals surface area contributed by atoms with Crippen molar-refractivity contribution in [2.75, 3.05) is 21.1 Å². The van der Waals surface area contributed by atoms with Crippen LogP contribution in [0.4, 0.5) is 0 Å². The summed E-state index contributed by atoms with van der Waals surface area (Å²) in [7, 11) is 6.09. The number of quaternary nitrogens is 1. The van der Waals surface area contributed by atoms with E-state index in [1.165, 1.54) is 0 Å². The lowest BCUT2D eigenvalue weighted by molar-refractivity contribution is -0.922. The number of hydrazine groups is 1. The van der Waals surface area contributed by atoms with Crippen LogP contribution in [-0.4, -0.2) is 36.7 Å². The van der Waals surface area contributed by atoms with Gasteiger partial charge in [0, 0.05) is 6.92 Å². The lowest BCUT2D eigenvalue weighted by Gasteiger charge is -2.27. The second kappa shape index (κ2) is 2.86. The minimum atomic E-state index is 0. The molecular formula is C5H13BrN4. The minimum absolute atomic E-state index is 0. The molecular weight excluding hydrogens is 196 g/mol. The van der Waals surface area contributed by atoms with Crippen LogP contribution in [0.15, 0.2) is 5.10 Å². The average molecular weight is 209 g/mol. The van der Waals surface area contributed by atoms with Crippen molar-refractivity contribution >= 4 is 5.84 Å². The van der Waals surface area contributed by atoms with E-state index >= 15 is 0 Å². The molecule has 0 atom stereocenters. The van der Waals surface area contributed by atoms with Crippen molar-refractivity contribution in [1.82, 2.24) is 10.7 Å². The molecule has 0 spiro atoms. The first-order valence-corrected chi connectivity index (χ1v) is 2.94. The normalized spacial score (nSPS) is 23.0. The number of hydrogen-bond acceptors (Lipinski definition) is 3. The molecule has 0 amide bonds. The van der Waals surface area contributed by atoms with Crippen LogP contribution < -0.4 is 22.5 Å². The highest BCUT2D eigenvalue weighted by Gasteiger charge is 2.31. The number of hydrazone groups is 1. The highest BCUT2D eigenvalue weighted by atomic mass is 79.9. The van der Waals surface area contributed by atoms with E-state index in [-0.39, 0.29) is 17.0 Å². The lowest BCUT2D eigenvalue weighted by atomic mass is 10.6. The summed E-state index contributed by atoms with van der Waals surface area (Å²) >= 11 is 0. The van der Waals surface area contributed by atoms with Crippen LogP contribution in [0, 0.1) is 0 Å². The second-order valence-electron chi connectivity index (χ2n) is 2.68. The standard InChI is InChI=1S/C5H13N4.BrH/c1-5-6-7-8(2)9(5,3)4;/h7H,1-4H3;1H/q+1;/p-1. The molecule has 5 heteroatoms. The zero-order valence-electron chi connectivity index (χ0n) is 6.72. The largest absolute Gasteiger partial charge is 1.00 e. The third kappa shape index (κ3) is 1.31. The summed E-state index contributed by atoms with van der Waals surface area (Å²) in [5, 5.41) is 5.96. The van der Waals surface area contributed by atoms with Gasteiger partial charge in [-0.15, -0.1) is 5.10 Å².